The van der Waals surface area contributed by atoms with Gasteiger partial charge in [0.15, 0.2) is 0 Å². The van der Waals surface area contributed by atoms with Gasteiger partial charge in [0.05, 0.1) is 11.1 Å². The molecule has 0 amide bonds. The van der Waals surface area contributed by atoms with E-state index in [0.717, 1.165) is 12.8 Å². The summed E-state index contributed by atoms with van der Waals surface area (Å²) in [5, 5.41) is 9.42. The van der Waals surface area contributed by atoms with Gasteiger partial charge in [-0.1, -0.05) is 6.07 Å². The maximum Gasteiger partial charge on any atom is 0.311 e. The molecule has 98 valence electrons. The molecule has 2 rings (SSSR count). The lowest BCUT2D eigenvalue weighted by atomic mass is 9.77. The molecule has 5 N–H and O–H groups in total. The zero-order chi connectivity index (χ0) is 13.3. The van der Waals surface area contributed by atoms with Crippen LogP contribution in [0.15, 0.2) is 18.2 Å². The number of aliphatic carboxylic acids is 1. The van der Waals surface area contributed by atoms with Crippen molar-refractivity contribution in [2.75, 3.05) is 12.3 Å². The molecule has 0 saturated heterocycles. The van der Waals surface area contributed by atoms with Crippen molar-refractivity contribution < 1.29 is 14.3 Å². The summed E-state index contributed by atoms with van der Waals surface area (Å²) >= 11 is 0. The van der Waals surface area contributed by atoms with E-state index in [1.165, 1.54) is 12.1 Å². The molecule has 1 unspecified atom stereocenters. The van der Waals surface area contributed by atoms with Crippen LogP contribution in [0, 0.1) is 17.2 Å². The second-order valence-corrected chi connectivity index (χ2v) is 4.97. The first kappa shape index (κ1) is 12.8. The molecule has 0 bridgehead atoms. The van der Waals surface area contributed by atoms with Gasteiger partial charge in [-0.3, -0.25) is 4.79 Å². The SMILES string of the molecule is NCC(Cc1ccc(N)c(F)c1)(C(=O)O)C1CC1. The summed E-state index contributed by atoms with van der Waals surface area (Å²) in [7, 11) is 0. The van der Waals surface area contributed by atoms with Crippen molar-refractivity contribution in [2.45, 2.75) is 19.3 Å². The van der Waals surface area contributed by atoms with Gasteiger partial charge in [0.25, 0.3) is 0 Å². The Bertz CT molecular complexity index is 474. The summed E-state index contributed by atoms with van der Waals surface area (Å²) in [6, 6.07) is 4.42. The molecule has 0 aromatic heterocycles. The predicted octanol–water partition coefficient (Wildman–Crippen LogP) is 1.39. The van der Waals surface area contributed by atoms with Crippen molar-refractivity contribution in [3.05, 3.63) is 29.6 Å². The molecule has 4 nitrogen and oxygen atoms in total. The number of nitrogen functional groups attached to an aromatic ring is 1. The van der Waals surface area contributed by atoms with Crippen molar-refractivity contribution in [1.82, 2.24) is 0 Å². The topological polar surface area (TPSA) is 89.3 Å². The summed E-state index contributed by atoms with van der Waals surface area (Å²) < 4.78 is 13.4. The number of hydrogen-bond acceptors (Lipinski definition) is 3. The van der Waals surface area contributed by atoms with Crippen molar-refractivity contribution in [3.63, 3.8) is 0 Å². The maximum absolute atomic E-state index is 13.4. The van der Waals surface area contributed by atoms with Gasteiger partial charge < -0.3 is 16.6 Å². The van der Waals surface area contributed by atoms with Gasteiger partial charge in [0.1, 0.15) is 5.82 Å². The first-order valence-corrected chi connectivity index (χ1v) is 5.97. The molecule has 1 aromatic carbocycles. The monoisotopic (exact) mass is 252 g/mol. The van der Waals surface area contributed by atoms with Crippen LogP contribution < -0.4 is 11.5 Å². The summed E-state index contributed by atoms with van der Waals surface area (Å²) in [6.07, 6.45) is 2.00. The van der Waals surface area contributed by atoms with Gasteiger partial charge in [-0.15, -0.1) is 0 Å². The number of carboxylic acids is 1. The van der Waals surface area contributed by atoms with E-state index >= 15 is 0 Å². The van der Waals surface area contributed by atoms with Gasteiger partial charge in [-0.25, -0.2) is 4.39 Å². The van der Waals surface area contributed by atoms with Crippen LogP contribution in [0.4, 0.5) is 10.1 Å². The van der Waals surface area contributed by atoms with E-state index < -0.39 is 17.2 Å². The maximum atomic E-state index is 13.4. The van der Waals surface area contributed by atoms with E-state index in [2.05, 4.69) is 0 Å². The quantitative estimate of drug-likeness (QED) is 0.691. The zero-order valence-corrected chi connectivity index (χ0v) is 10.0. The van der Waals surface area contributed by atoms with Crippen LogP contribution in [-0.2, 0) is 11.2 Å². The Morgan fingerprint density at radius 2 is 2.17 bits per heavy atom. The smallest absolute Gasteiger partial charge is 0.311 e. The first-order valence-electron chi connectivity index (χ1n) is 5.97. The van der Waals surface area contributed by atoms with E-state index in [4.69, 9.17) is 11.5 Å². The molecule has 1 saturated carbocycles. The molecular formula is C13H17FN2O2. The Kier molecular flexibility index (Phi) is 3.26. The van der Waals surface area contributed by atoms with E-state index in [9.17, 15) is 14.3 Å². The molecule has 0 aliphatic heterocycles. The van der Waals surface area contributed by atoms with Crippen LogP contribution in [-0.4, -0.2) is 17.6 Å². The summed E-state index contributed by atoms with van der Waals surface area (Å²) in [4.78, 5) is 11.5. The number of halogens is 1. The molecule has 0 spiro atoms. The Labute approximate surface area is 105 Å². The average Bonchev–Trinajstić information content (AvgIpc) is 3.14. The van der Waals surface area contributed by atoms with Crippen LogP contribution in [0.5, 0.6) is 0 Å². The third-order valence-corrected chi connectivity index (χ3v) is 3.73. The summed E-state index contributed by atoms with van der Waals surface area (Å²) in [5.74, 6) is -1.31. The number of benzene rings is 1. The minimum atomic E-state index is -0.970. The third kappa shape index (κ3) is 2.18. The number of hydrogen-bond donors (Lipinski definition) is 3. The molecule has 0 radical (unpaired) electrons. The molecule has 1 atom stereocenters. The molecule has 18 heavy (non-hydrogen) atoms. The average molecular weight is 252 g/mol. The second kappa shape index (κ2) is 4.57. The fourth-order valence-corrected chi connectivity index (χ4v) is 2.40. The van der Waals surface area contributed by atoms with E-state index in [1.54, 1.807) is 6.07 Å². The highest BCUT2D eigenvalue weighted by molar-refractivity contribution is 5.76. The molecule has 1 aliphatic carbocycles. The van der Waals surface area contributed by atoms with Gasteiger partial charge >= 0.3 is 5.97 Å². The highest BCUT2D eigenvalue weighted by Gasteiger charge is 2.50. The molecule has 1 aliphatic rings. The Balaban J connectivity index is 2.28. The van der Waals surface area contributed by atoms with Crippen LogP contribution in [0.3, 0.4) is 0 Å². The van der Waals surface area contributed by atoms with E-state index in [0.29, 0.717) is 5.56 Å². The molecule has 1 fully saturated rings. The van der Waals surface area contributed by atoms with Crippen molar-refractivity contribution in [1.29, 1.82) is 0 Å². The lowest BCUT2D eigenvalue weighted by molar-refractivity contribution is -0.149. The Morgan fingerprint density at radius 3 is 2.61 bits per heavy atom. The minimum Gasteiger partial charge on any atom is -0.481 e. The van der Waals surface area contributed by atoms with Crippen LogP contribution in [0.1, 0.15) is 18.4 Å². The third-order valence-electron chi connectivity index (χ3n) is 3.73. The number of carboxylic acid groups (broad SMARTS) is 1. The highest BCUT2D eigenvalue weighted by Crippen LogP contribution is 2.47. The summed E-state index contributed by atoms with van der Waals surface area (Å²) in [5.41, 5.74) is 10.8. The Morgan fingerprint density at radius 1 is 1.50 bits per heavy atom. The molecule has 5 heteroatoms. The number of carbonyl (C=O) groups is 1. The Hall–Kier alpha value is -1.62. The largest absolute Gasteiger partial charge is 0.481 e. The normalized spacial score (nSPS) is 18.3. The van der Waals surface area contributed by atoms with Gasteiger partial charge in [-0.2, -0.15) is 0 Å². The van der Waals surface area contributed by atoms with Gasteiger partial charge in [-0.05, 0) is 42.9 Å². The fourth-order valence-electron chi connectivity index (χ4n) is 2.40. The highest BCUT2D eigenvalue weighted by atomic mass is 19.1. The molecular weight excluding hydrogens is 235 g/mol. The van der Waals surface area contributed by atoms with Crippen molar-refractivity contribution in [2.24, 2.45) is 17.1 Å². The van der Waals surface area contributed by atoms with Gasteiger partial charge in [0, 0.05) is 6.54 Å². The number of rotatable bonds is 5. The van der Waals surface area contributed by atoms with E-state index in [-0.39, 0.29) is 24.6 Å². The summed E-state index contributed by atoms with van der Waals surface area (Å²) in [6.45, 7) is 0.0684. The zero-order valence-electron chi connectivity index (χ0n) is 10.0. The minimum absolute atomic E-state index is 0.0684. The first-order chi connectivity index (χ1) is 8.49. The standard InChI is InChI=1S/C13H17FN2O2/c14-10-5-8(1-4-11(10)16)6-13(7-15,12(17)18)9-2-3-9/h1,4-5,9H,2-3,6-7,15-16H2,(H,17,18). The van der Waals surface area contributed by atoms with Crippen molar-refractivity contribution in [3.8, 4) is 0 Å². The second-order valence-electron chi connectivity index (χ2n) is 4.97. The van der Waals surface area contributed by atoms with Crippen molar-refractivity contribution >= 4 is 11.7 Å². The van der Waals surface area contributed by atoms with Crippen LogP contribution >= 0.6 is 0 Å². The lowest BCUT2D eigenvalue weighted by Gasteiger charge is -2.28. The van der Waals surface area contributed by atoms with Gasteiger partial charge in [0.2, 0.25) is 0 Å². The van der Waals surface area contributed by atoms with Crippen LogP contribution in [0.2, 0.25) is 0 Å². The predicted molar refractivity (Wildman–Crippen MR) is 66.4 cm³/mol. The lowest BCUT2D eigenvalue weighted by Crippen LogP contribution is -2.42. The molecule has 1 aromatic rings. The number of nitrogens with two attached hydrogens (primary N) is 2. The van der Waals surface area contributed by atoms with E-state index in [1.807, 2.05) is 0 Å². The fraction of sp³-hybridized carbons (Fsp3) is 0.462. The number of anilines is 1. The van der Waals surface area contributed by atoms with Crippen LogP contribution in [0.25, 0.3) is 0 Å². The molecule has 0 heterocycles.